The Morgan fingerprint density at radius 2 is 1.00 bits per heavy atom. The number of amidine groups is 2. The second-order valence-electron chi connectivity index (χ2n) is 9.55. The van der Waals surface area contributed by atoms with Crippen LogP contribution in [-0.4, -0.2) is 50.9 Å². The molecule has 1 fully saturated rings. The number of benzene rings is 2. The molecule has 1 aliphatic rings. The van der Waals surface area contributed by atoms with Gasteiger partial charge in [0.2, 0.25) is 0 Å². The van der Waals surface area contributed by atoms with Crippen molar-refractivity contribution in [2.75, 3.05) is 49.1 Å². The molecule has 2 aromatic rings. The lowest BCUT2D eigenvalue weighted by Crippen LogP contribution is -2.46. The topological polar surface area (TPSA) is 83.2 Å². The fourth-order valence-corrected chi connectivity index (χ4v) is 3.86. The van der Waals surface area contributed by atoms with Gasteiger partial charge in [-0.25, -0.2) is 0 Å². The van der Waals surface area contributed by atoms with Gasteiger partial charge < -0.3 is 21.3 Å². The number of aliphatic imine (C=N–C) groups is 2. The van der Waals surface area contributed by atoms with Crippen LogP contribution >= 0.6 is 12.4 Å². The summed E-state index contributed by atoms with van der Waals surface area (Å²) in [5, 5.41) is 0. The molecule has 1 heterocycles. The van der Waals surface area contributed by atoms with Gasteiger partial charge in [0, 0.05) is 61.8 Å². The molecule has 0 amide bonds. The quantitative estimate of drug-likeness (QED) is 0.359. The van der Waals surface area contributed by atoms with E-state index in [0.29, 0.717) is 23.5 Å². The molecule has 0 aromatic heterocycles. The van der Waals surface area contributed by atoms with Crippen molar-refractivity contribution in [2.45, 2.75) is 40.5 Å². The van der Waals surface area contributed by atoms with Gasteiger partial charge in [-0.2, -0.15) is 0 Å². The molecule has 0 bridgehead atoms. The third kappa shape index (κ3) is 8.17. The van der Waals surface area contributed by atoms with E-state index in [4.69, 9.17) is 11.5 Å². The fraction of sp³-hybridized carbons (Fsp3) is 0.500. The highest BCUT2D eigenvalue weighted by molar-refractivity contribution is 5.98. The highest BCUT2D eigenvalue weighted by Crippen LogP contribution is 2.22. The molecule has 6 nitrogen and oxygen atoms in total. The van der Waals surface area contributed by atoms with Gasteiger partial charge in [-0.15, -0.1) is 12.4 Å². The first-order valence-electron chi connectivity index (χ1n) is 12.7. The molecule has 192 valence electrons. The first-order chi connectivity index (χ1) is 16.4. The second kappa shape index (κ2) is 14.0. The SMILES string of the molecule is CCC(C)CN=C(N)c1ccc(N2CCN(c3ccc(C(N)=NCC(C)CC)cc3)CC2)cc1.Cl. The van der Waals surface area contributed by atoms with E-state index in [9.17, 15) is 0 Å². The third-order valence-electron chi connectivity index (χ3n) is 6.88. The maximum atomic E-state index is 6.19. The molecular formula is C28H43ClN6. The number of nitrogens with two attached hydrogens (primary N) is 2. The highest BCUT2D eigenvalue weighted by atomic mass is 35.5. The van der Waals surface area contributed by atoms with Crippen molar-refractivity contribution in [2.24, 2.45) is 33.3 Å². The number of rotatable bonds is 10. The van der Waals surface area contributed by atoms with Crippen molar-refractivity contribution in [3.05, 3.63) is 59.7 Å². The van der Waals surface area contributed by atoms with Gasteiger partial charge in [-0.1, -0.05) is 40.5 Å². The number of anilines is 2. The van der Waals surface area contributed by atoms with E-state index < -0.39 is 0 Å². The summed E-state index contributed by atoms with van der Waals surface area (Å²) in [5.74, 6) is 2.38. The number of halogens is 1. The van der Waals surface area contributed by atoms with E-state index in [-0.39, 0.29) is 12.4 Å². The van der Waals surface area contributed by atoms with E-state index in [2.05, 4.69) is 96.0 Å². The van der Waals surface area contributed by atoms with E-state index in [1.807, 2.05) is 0 Å². The van der Waals surface area contributed by atoms with Gasteiger partial charge in [-0.05, 0) is 60.4 Å². The third-order valence-corrected chi connectivity index (χ3v) is 6.88. The zero-order valence-electron chi connectivity index (χ0n) is 21.8. The molecule has 1 saturated heterocycles. The number of hydrogen-bond donors (Lipinski definition) is 2. The van der Waals surface area contributed by atoms with Crippen LogP contribution in [0.1, 0.15) is 51.7 Å². The van der Waals surface area contributed by atoms with E-state index in [1.54, 1.807) is 0 Å². The average molecular weight is 499 g/mol. The van der Waals surface area contributed by atoms with Crippen molar-refractivity contribution < 1.29 is 0 Å². The lowest BCUT2D eigenvalue weighted by Gasteiger charge is -2.37. The van der Waals surface area contributed by atoms with Crippen molar-refractivity contribution in [3.63, 3.8) is 0 Å². The predicted octanol–water partition coefficient (Wildman–Crippen LogP) is 4.94. The van der Waals surface area contributed by atoms with Crippen LogP contribution in [0.4, 0.5) is 11.4 Å². The molecule has 2 atom stereocenters. The van der Waals surface area contributed by atoms with Crippen LogP contribution in [0.3, 0.4) is 0 Å². The molecule has 0 spiro atoms. The zero-order valence-corrected chi connectivity index (χ0v) is 22.6. The molecule has 0 saturated carbocycles. The lowest BCUT2D eigenvalue weighted by molar-refractivity contribution is 0.577. The summed E-state index contributed by atoms with van der Waals surface area (Å²) in [5.41, 5.74) is 16.8. The largest absolute Gasteiger partial charge is 0.384 e. The van der Waals surface area contributed by atoms with Crippen molar-refractivity contribution in [1.82, 2.24) is 0 Å². The summed E-state index contributed by atoms with van der Waals surface area (Å²) in [6, 6.07) is 17.0. The highest BCUT2D eigenvalue weighted by Gasteiger charge is 2.18. The predicted molar refractivity (Wildman–Crippen MR) is 155 cm³/mol. The average Bonchev–Trinajstić information content (AvgIpc) is 2.90. The summed E-state index contributed by atoms with van der Waals surface area (Å²) in [7, 11) is 0. The number of nitrogens with zero attached hydrogens (tertiary/aromatic N) is 4. The first-order valence-corrected chi connectivity index (χ1v) is 12.7. The Morgan fingerprint density at radius 1 is 0.686 bits per heavy atom. The summed E-state index contributed by atoms with van der Waals surface area (Å²) in [6.07, 6.45) is 2.24. The molecule has 35 heavy (non-hydrogen) atoms. The van der Waals surface area contributed by atoms with Gasteiger partial charge >= 0.3 is 0 Å². The van der Waals surface area contributed by atoms with Crippen LogP contribution in [0.5, 0.6) is 0 Å². The maximum Gasteiger partial charge on any atom is 0.125 e. The number of hydrogen-bond acceptors (Lipinski definition) is 4. The summed E-state index contributed by atoms with van der Waals surface area (Å²) < 4.78 is 0. The van der Waals surface area contributed by atoms with Gasteiger partial charge in [0.15, 0.2) is 0 Å². The maximum absolute atomic E-state index is 6.19. The standard InChI is InChI=1S/C28H42N6.ClH/c1-5-21(3)19-31-27(29)23-7-11-25(12-8-23)33-15-17-34(18-16-33)26-13-9-24(10-14-26)28(30)32-20-22(4)6-2;/h7-14,21-22H,5-6,15-20H2,1-4H3,(H2,29,31)(H2,30,32);1H. The second-order valence-corrected chi connectivity index (χ2v) is 9.55. The summed E-state index contributed by atoms with van der Waals surface area (Å²) >= 11 is 0. The molecule has 0 radical (unpaired) electrons. The van der Waals surface area contributed by atoms with Crippen molar-refractivity contribution in [3.8, 4) is 0 Å². The monoisotopic (exact) mass is 498 g/mol. The minimum absolute atomic E-state index is 0. The van der Waals surface area contributed by atoms with E-state index in [0.717, 1.165) is 63.2 Å². The Hall–Kier alpha value is -2.73. The molecular weight excluding hydrogens is 456 g/mol. The minimum atomic E-state index is 0. The normalized spacial score (nSPS) is 16.6. The van der Waals surface area contributed by atoms with Crippen LogP contribution in [0, 0.1) is 11.8 Å². The molecule has 2 unspecified atom stereocenters. The Kier molecular flexibility index (Phi) is 11.4. The molecule has 0 aliphatic carbocycles. The van der Waals surface area contributed by atoms with Gasteiger partial charge in [0.25, 0.3) is 0 Å². The lowest BCUT2D eigenvalue weighted by atomic mass is 10.1. The van der Waals surface area contributed by atoms with Crippen LogP contribution < -0.4 is 21.3 Å². The van der Waals surface area contributed by atoms with Gasteiger partial charge in [0.1, 0.15) is 11.7 Å². The summed E-state index contributed by atoms with van der Waals surface area (Å²) in [4.78, 5) is 14.0. The van der Waals surface area contributed by atoms with Crippen LogP contribution in [0.2, 0.25) is 0 Å². The van der Waals surface area contributed by atoms with Gasteiger partial charge in [0.05, 0.1) is 0 Å². The Morgan fingerprint density at radius 3 is 1.29 bits per heavy atom. The summed E-state index contributed by atoms with van der Waals surface area (Å²) in [6.45, 7) is 14.3. The molecule has 2 aromatic carbocycles. The molecule has 3 rings (SSSR count). The Bertz CT molecular complexity index is 867. The van der Waals surface area contributed by atoms with Gasteiger partial charge in [-0.3, -0.25) is 9.98 Å². The Labute approximate surface area is 217 Å². The zero-order chi connectivity index (χ0) is 24.5. The van der Waals surface area contributed by atoms with Crippen LogP contribution in [0.25, 0.3) is 0 Å². The Balaban J connectivity index is 0.00000432. The first kappa shape index (κ1) is 28.5. The van der Waals surface area contributed by atoms with E-state index in [1.165, 1.54) is 11.4 Å². The molecule has 1 aliphatic heterocycles. The van der Waals surface area contributed by atoms with Crippen molar-refractivity contribution in [1.29, 1.82) is 0 Å². The molecule has 7 heteroatoms. The van der Waals surface area contributed by atoms with Crippen LogP contribution in [0.15, 0.2) is 58.5 Å². The van der Waals surface area contributed by atoms with E-state index >= 15 is 0 Å². The molecule has 4 N–H and O–H groups in total. The smallest absolute Gasteiger partial charge is 0.125 e. The fourth-order valence-electron chi connectivity index (χ4n) is 3.86. The van der Waals surface area contributed by atoms with Crippen LogP contribution in [-0.2, 0) is 0 Å². The number of piperazine rings is 1. The van der Waals surface area contributed by atoms with Crippen molar-refractivity contribution >= 4 is 35.5 Å². The minimum Gasteiger partial charge on any atom is -0.384 e.